The van der Waals surface area contributed by atoms with E-state index in [-0.39, 0.29) is 6.04 Å². The number of rotatable bonds is 1. The summed E-state index contributed by atoms with van der Waals surface area (Å²) in [7, 11) is 1.86. The van der Waals surface area contributed by atoms with Crippen LogP contribution in [0.2, 0.25) is 5.15 Å². The van der Waals surface area contributed by atoms with Crippen LogP contribution in [0.3, 0.4) is 0 Å². The Hall–Kier alpha value is -0.840. The predicted molar refractivity (Wildman–Crippen MR) is 66.1 cm³/mol. The Morgan fingerprint density at radius 1 is 1.56 bits per heavy atom. The number of hydrogen-bond donors (Lipinski definition) is 1. The minimum Gasteiger partial charge on any atom is -0.306 e. The first kappa shape index (κ1) is 10.3. The highest BCUT2D eigenvalue weighted by Crippen LogP contribution is 2.34. The van der Waals surface area contributed by atoms with E-state index < -0.39 is 0 Å². The van der Waals surface area contributed by atoms with Gasteiger partial charge in [0.15, 0.2) is 0 Å². The van der Waals surface area contributed by atoms with E-state index in [9.17, 15) is 0 Å². The van der Waals surface area contributed by atoms with Crippen LogP contribution in [0, 0.1) is 0 Å². The number of nitrogens with zero attached hydrogens (tertiary/aromatic N) is 2. The first-order valence-corrected chi connectivity index (χ1v) is 6.50. The molecule has 1 aliphatic rings. The first-order chi connectivity index (χ1) is 7.77. The Morgan fingerprint density at radius 3 is 3.19 bits per heavy atom. The van der Waals surface area contributed by atoms with Crippen molar-refractivity contribution in [2.45, 2.75) is 12.5 Å². The van der Waals surface area contributed by atoms with Crippen molar-refractivity contribution >= 4 is 22.9 Å². The number of hydrogen-bond acceptors (Lipinski definition) is 3. The van der Waals surface area contributed by atoms with Gasteiger partial charge in [0.05, 0.1) is 12.2 Å². The van der Waals surface area contributed by atoms with Gasteiger partial charge in [-0.05, 0) is 23.4 Å². The fourth-order valence-corrected chi connectivity index (χ4v) is 3.28. The molecular weight excluding hydrogens is 242 g/mol. The average Bonchev–Trinajstić information content (AvgIpc) is 2.87. The van der Waals surface area contributed by atoms with Gasteiger partial charge in [0.25, 0.3) is 0 Å². The molecule has 5 heteroatoms. The molecule has 3 heterocycles. The molecule has 0 amide bonds. The zero-order valence-electron chi connectivity index (χ0n) is 8.90. The van der Waals surface area contributed by atoms with E-state index in [2.05, 4.69) is 21.9 Å². The van der Waals surface area contributed by atoms with Crippen molar-refractivity contribution in [3.8, 4) is 0 Å². The highest BCUT2D eigenvalue weighted by molar-refractivity contribution is 7.10. The molecule has 0 saturated heterocycles. The van der Waals surface area contributed by atoms with Gasteiger partial charge in [-0.1, -0.05) is 11.6 Å². The van der Waals surface area contributed by atoms with Crippen molar-refractivity contribution in [3.63, 3.8) is 0 Å². The topological polar surface area (TPSA) is 29.9 Å². The fourth-order valence-electron chi connectivity index (χ4n) is 2.16. The predicted octanol–water partition coefficient (Wildman–Crippen LogP) is 2.37. The second-order valence-corrected chi connectivity index (χ2v) is 5.31. The van der Waals surface area contributed by atoms with Crippen molar-refractivity contribution in [1.82, 2.24) is 15.1 Å². The van der Waals surface area contributed by atoms with Crippen molar-refractivity contribution < 1.29 is 0 Å². The third-order valence-electron chi connectivity index (χ3n) is 2.99. The smallest absolute Gasteiger partial charge is 0.131 e. The van der Waals surface area contributed by atoms with Gasteiger partial charge in [0.2, 0.25) is 0 Å². The molecule has 3 rings (SSSR count). The Bertz CT molecular complexity index is 517. The summed E-state index contributed by atoms with van der Waals surface area (Å²) in [6.07, 6.45) is 2.97. The van der Waals surface area contributed by atoms with Crippen LogP contribution in [0.4, 0.5) is 0 Å². The molecule has 2 aromatic heterocycles. The zero-order chi connectivity index (χ0) is 11.1. The second kappa shape index (κ2) is 3.87. The Balaban J connectivity index is 2.07. The lowest BCUT2D eigenvalue weighted by Crippen LogP contribution is -2.29. The van der Waals surface area contributed by atoms with Gasteiger partial charge in [-0.3, -0.25) is 4.68 Å². The van der Waals surface area contributed by atoms with Gasteiger partial charge < -0.3 is 5.32 Å². The molecule has 0 aromatic carbocycles. The molecule has 0 spiro atoms. The van der Waals surface area contributed by atoms with Gasteiger partial charge in [-0.15, -0.1) is 11.3 Å². The van der Waals surface area contributed by atoms with Crippen LogP contribution in [0.5, 0.6) is 0 Å². The fraction of sp³-hybridized carbons (Fsp3) is 0.364. The molecule has 16 heavy (non-hydrogen) atoms. The molecule has 3 nitrogen and oxygen atoms in total. The molecule has 0 bridgehead atoms. The molecule has 1 aliphatic heterocycles. The molecule has 0 fully saturated rings. The van der Waals surface area contributed by atoms with Crippen molar-refractivity contribution in [2.24, 2.45) is 7.05 Å². The lowest BCUT2D eigenvalue weighted by atomic mass is 9.98. The molecule has 0 aliphatic carbocycles. The van der Waals surface area contributed by atoms with E-state index in [1.165, 1.54) is 10.4 Å². The summed E-state index contributed by atoms with van der Waals surface area (Å²) >= 11 is 8.07. The highest BCUT2D eigenvalue weighted by Gasteiger charge is 2.25. The summed E-state index contributed by atoms with van der Waals surface area (Å²) in [4.78, 5) is 1.46. The van der Waals surface area contributed by atoms with E-state index >= 15 is 0 Å². The third-order valence-corrected chi connectivity index (χ3v) is 4.45. The molecule has 1 atom stereocenters. The van der Waals surface area contributed by atoms with Gasteiger partial charge in [0.1, 0.15) is 5.15 Å². The SMILES string of the molecule is Cn1ncc(C2NCCc3sccc32)c1Cl. The van der Waals surface area contributed by atoms with E-state index in [4.69, 9.17) is 11.6 Å². The first-order valence-electron chi connectivity index (χ1n) is 5.24. The summed E-state index contributed by atoms with van der Waals surface area (Å²) in [5.74, 6) is 0. The minimum atomic E-state index is 0.205. The van der Waals surface area contributed by atoms with Gasteiger partial charge in [-0.2, -0.15) is 5.10 Å². The summed E-state index contributed by atoms with van der Waals surface area (Å²) in [6.45, 7) is 1.00. The Labute approximate surface area is 103 Å². The van der Waals surface area contributed by atoms with Crippen molar-refractivity contribution in [1.29, 1.82) is 0 Å². The second-order valence-electron chi connectivity index (χ2n) is 3.95. The van der Waals surface area contributed by atoms with Gasteiger partial charge in [-0.25, -0.2) is 0 Å². The van der Waals surface area contributed by atoms with E-state index in [1.54, 1.807) is 4.68 Å². The summed E-state index contributed by atoms with van der Waals surface area (Å²) in [6, 6.07) is 2.39. The number of halogens is 1. The van der Waals surface area contributed by atoms with Crippen LogP contribution in [0.1, 0.15) is 22.0 Å². The van der Waals surface area contributed by atoms with Crippen LogP contribution in [-0.4, -0.2) is 16.3 Å². The molecular formula is C11H12ClN3S. The summed E-state index contributed by atoms with van der Waals surface area (Å²) in [5.41, 5.74) is 2.43. The third kappa shape index (κ3) is 1.49. The van der Waals surface area contributed by atoms with E-state index in [1.807, 2.05) is 24.6 Å². The number of nitrogens with one attached hydrogen (secondary N) is 1. The monoisotopic (exact) mass is 253 g/mol. The molecule has 0 saturated carbocycles. The van der Waals surface area contributed by atoms with E-state index in [0.29, 0.717) is 0 Å². The largest absolute Gasteiger partial charge is 0.306 e. The zero-order valence-corrected chi connectivity index (χ0v) is 10.5. The minimum absolute atomic E-state index is 0.205. The molecule has 2 aromatic rings. The molecule has 1 N–H and O–H groups in total. The number of aromatic nitrogens is 2. The van der Waals surface area contributed by atoms with Crippen molar-refractivity contribution in [3.05, 3.63) is 38.8 Å². The van der Waals surface area contributed by atoms with E-state index in [0.717, 1.165) is 23.7 Å². The highest BCUT2D eigenvalue weighted by atomic mass is 35.5. The number of fused-ring (bicyclic) bond motifs is 1. The molecule has 84 valence electrons. The van der Waals surface area contributed by atoms with Crippen LogP contribution < -0.4 is 5.32 Å². The van der Waals surface area contributed by atoms with Gasteiger partial charge >= 0.3 is 0 Å². The lowest BCUT2D eigenvalue weighted by molar-refractivity contribution is 0.574. The summed E-state index contributed by atoms with van der Waals surface area (Å²) < 4.78 is 1.71. The lowest BCUT2D eigenvalue weighted by Gasteiger charge is -2.23. The van der Waals surface area contributed by atoms with Crippen LogP contribution in [0.15, 0.2) is 17.6 Å². The summed E-state index contributed by atoms with van der Waals surface area (Å²) in [5, 5.41) is 10.6. The Kier molecular flexibility index (Phi) is 2.50. The molecule has 0 radical (unpaired) electrons. The number of thiophene rings is 1. The maximum Gasteiger partial charge on any atom is 0.131 e. The molecule has 1 unspecified atom stereocenters. The van der Waals surface area contributed by atoms with Crippen LogP contribution in [-0.2, 0) is 13.5 Å². The van der Waals surface area contributed by atoms with Gasteiger partial charge in [0, 0.05) is 24.0 Å². The van der Waals surface area contributed by atoms with Crippen LogP contribution in [0.25, 0.3) is 0 Å². The quantitative estimate of drug-likeness (QED) is 0.846. The standard InChI is InChI=1S/C11H12ClN3S/c1-15-11(12)8(6-14-15)10-7-3-5-16-9(7)2-4-13-10/h3,5-6,10,13H,2,4H2,1H3. The van der Waals surface area contributed by atoms with Crippen molar-refractivity contribution in [2.75, 3.05) is 6.54 Å². The number of aryl methyl sites for hydroxylation is 1. The van der Waals surface area contributed by atoms with Crippen LogP contribution >= 0.6 is 22.9 Å². The maximum atomic E-state index is 6.24. The average molecular weight is 254 g/mol. The maximum absolute atomic E-state index is 6.24. The normalized spacial score (nSPS) is 19.8. The Morgan fingerprint density at radius 2 is 2.44 bits per heavy atom.